The van der Waals surface area contributed by atoms with Crippen molar-refractivity contribution < 1.29 is 9.13 Å². The van der Waals surface area contributed by atoms with Crippen LogP contribution in [0.2, 0.25) is 0 Å². The van der Waals surface area contributed by atoms with Crippen LogP contribution in [0.15, 0.2) is 41.0 Å². The minimum Gasteiger partial charge on any atom is -0.495 e. The van der Waals surface area contributed by atoms with Crippen molar-refractivity contribution in [2.24, 2.45) is 5.73 Å². The highest BCUT2D eigenvalue weighted by Crippen LogP contribution is 2.28. The van der Waals surface area contributed by atoms with Crippen molar-refractivity contribution >= 4 is 15.9 Å². The number of benzene rings is 1. The van der Waals surface area contributed by atoms with Crippen LogP contribution in [0.3, 0.4) is 0 Å². The Balaban J connectivity index is 2.44. The first-order valence-electron chi connectivity index (χ1n) is 5.32. The lowest BCUT2D eigenvalue weighted by Gasteiger charge is -2.15. The van der Waals surface area contributed by atoms with Gasteiger partial charge in [0, 0.05) is 10.7 Å². The fourth-order valence-corrected chi connectivity index (χ4v) is 2.20. The molecule has 2 rings (SSSR count). The number of hydrogen-bond acceptors (Lipinski definition) is 3. The number of aromatic nitrogens is 1. The highest BCUT2D eigenvalue weighted by atomic mass is 79.9. The van der Waals surface area contributed by atoms with Crippen LogP contribution in [0.25, 0.3) is 0 Å². The molecule has 1 atom stereocenters. The molecule has 0 saturated heterocycles. The minimum atomic E-state index is -0.534. The largest absolute Gasteiger partial charge is 0.495 e. The van der Waals surface area contributed by atoms with Crippen molar-refractivity contribution in [2.45, 2.75) is 6.04 Å². The molecule has 1 unspecified atom stereocenters. The summed E-state index contributed by atoms with van der Waals surface area (Å²) in [5.74, 6) is 0.245. The van der Waals surface area contributed by atoms with Gasteiger partial charge in [-0.2, -0.15) is 0 Å². The summed E-state index contributed by atoms with van der Waals surface area (Å²) in [5.41, 5.74) is 7.32. The smallest absolute Gasteiger partial charge is 0.142 e. The van der Waals surface area contributed by atoms with E-state index in [-0.39, 0.29) is 5.82 Å². The van der Waals surface area contributed by atoms with E-state index in [0.29, 0.717) is 21.5 Å². The fraction of sp³-hybridized carbons (Fsp3) is 0.154. The Morgan fingerprint density at radius 2 is 2.17 bits per heavy atom. The number of halogens is 2. The second-order valence-electron chi connectivity index (χ2n) is 3.77. The van der Waals surface area contributed by atoms with E-state index in [4.69, 9.17) is 10.5 Å². The van der Waals surface area contributed by atoms with Crippen LogP contribution in [0.4, 0.5) is 4.39 Å². The molecule has 2 N–H and O–H groups in total. The topological polar surface area (TPSA) is 48.1 Å². The standard InChI is InChI=1S/C13H12BrFN2O/c1-18-11-3-2-4-17-13(11)12(16)8-5-9(14)7-10(15)6-8/h2-7,12H,16H2,1H3. The van der Waals surface area contributed by atoms with Crippen LogP contribution in [-0.4, -0.2) is 12.1 Å². The van der Waals surface area contributed by atoms with E-state index in [9.17, 15) is 4.39 Å². The molecule has 18 heavy (non-hydrogen) atoms. The van der Waals surface area contributed by atoms with Gasteiger partial charge in [0.15, 0.2) is 0 Å². The summed E-state index contributed by atoms with van der Waals surface area (Å²) in [5, 5.41) is 0. The predicted octanol–water partition coefficient (Wildman–Crippen LogP) is 3.04. The summed E-state index contributed by atoms with van der Waals surface area (Å²) in [4.78, 5) is 4.20. The maximum Gasteiger partial charge on any atom is 0.142 e. The molecule has 0 spiro atoms. The monoisotopic (exact) mass is 310 g/mol. The number of pyridine rings is 1. The van der Waals surface area contributed by atoms with Gasteiger partial charge < -0.3 is 10.5 Å². The summed E-state index contributed by atoms with van der Waals surface area (Å²) >= 11 is 3.24. The highest BCUT2D eigenvalue weighted by Gasteiger charge is 2.16. The summed E-state index contributed by atoms with van der Waals surface area (Å²) in [7, 11) is 1.55. The average molecular weight is 311 g/mol. The lowest BCUT2D eigenvalue weighted by molar-refractivity contribution is 0.404. The van der Waals surface area contributed by atoms with Gasteiger partial charge in [0.05, 0.1) is 13.2 Å². The number of nitrogens with zero attached hydrogens (tertiary/aromatic N) is 1. The van der Waals surface area contributed by atoms with Crippen LogP contribution in [0.5, 0.6) is 5.75 Å². The van der Waals surface area contributed by atoms with Crippen molar-refractivity contribution in [1.29, 1.82) is 0 Å². The van der Waals surface area contributed by atoms with E-state index in [1.165, 1.54) is 12.1 Å². The Morgan fingerprint density at radius 3 is 2.83 bits per heavy atom. The van der Waals surface area contributed by atoms with E-state index in [0.717, 1.165) is 0 Å². The molecule has 0 bridgehead atoms. The summed E-state index contributed by atoms with van der Waals surface area (Å²) in [6.07, 6.45) is 1.63. The first kappa shape index (κ1) is 13.0. The quantitative estimate of drug-likeness (QED) is 0.948. The van der Waals surface area contributed by atoms with Gasteiger partial charge in [0.2, 0.25) is 0 Å². The lowest BCUT2D eigenvalue weighted by atomic mass is 10.0. The average Bonchev–Trinajstić information content (AvgIpc) is 2.36. The molecule has 0 amide bonds. The Labute approximate surface area is 113 Å². The Morgan fingerprint density at radius 1 is 1.39 bits per heavy atom. The van der Waals surface area contributed by atoms with Crippen LogP contribution < -0.4 is 10.5 Å². The van der Waals surface area contributed by atoms with E-state index in [1.807, 2.05) is 0 Å². The fourth-order valence-electron chi connectivity index (χ4n) is 1.72. The molecule has 5 heteroatoms. The molecule has 1 heterocycles. The molecule has 0 radical (unpaired) electrons. The number of nitrogens with two attached hydrogens (primary N) is 1. The molecule has 2 aromatic rings. The third-order valence-corrected chi connectivity index (χ3v) is 3.02. The maximum absolute atomic E-state index is 13.3. The van der Waals surface area contributed by atoms with E-state index >= 15 is 0 Å². The second kappa shape index (κ2) is 5.46. The van der Waals surface area contributed by atoms with Gasteiger partial charge in [-0.1, -0.05) is 15.9 Å². The van der Waals surface area contributed by atoms with Gasteiger partial charge in [-0.05, 0) is 35.9 Å². The van der Waals surface area contributed by atoms with E-state index < -0.39 is 6.04 Å². The van der Waals surface area contributed by atoms with Gasteiger partial charge in [-0.15, -0.1) is 0 Å². The third-order valence-electron chi connectivity index (χ3n) is 2.56. The summed E-state index contributed by atoms with van der Waals surface area (Å²) in [6, 6.07) is 7.54. The van der Waals surface area contributed by atoms with Crippen LogP contribution in [0.1, 0.15) is 17.3 Å². The van der Waals surface area contributed by atoms with Gasteiger partial charge in [-0.25, -0.2) is 4.39 Å². The maximum atomic E-state index is 13.3. The molecule has 1 aromatic heterocycles. The lowest BCUT2D eigenvalue weighted by Crippen LogP contribution is -2.15. The van der Waals surface area contributed by atoms with Crippen molar-refractivity contribution in [1.82, 2.24) is 4.98 Å². The number of hydrogen-bond donors (Lipinski definition) is 1. The number of ether oxygens (including phenoxy) is 1. The first-order chi connectivity index (χ1) is 8.61. The van der Waals surface area contributed by atoms with Crippen molar-refractivity contribution in [3.05, 3.63) is 58.1 Å². The molecule has 1 aromatic carbocycles. The molecule has 0 saturated carbocycles. The second-order valence-corrected chi connectivity index (χ2v) is 4.69. The summed E-state index contributed by atoms with van der Waals surface area (Å²) in [6.45, 7) is 0. The Bertz CT molecular complexity index is 542. The molecule has 3 nitrogen and oxygen atoms in total. The van der Waals surface area contributed by atoms with Gasteiger partial charge in [0.25, 0.3) is 0 Å². The molecule has 94 valence electrons. The van der Waals surface area contributed by atoms with E-state index in [2.05, 4.69) is 20.9 Å². The molecule has 0 aliphatic carbocycles. The van der Waals surface area contributed by atoms with Crippen molar-refractivity contribution in [3.63, 3.8) is 0 Å². The predicted molar refractivity (Wildman–Crippen MR) is 70.9 cm³/mol. The van der Waals surface area contributed by atoms with Gasteiger partial charge in [0.1, 0.15) is 17.3 Å². The van der Waals surface area contributed by atoms with Crippen molar-refractivity contribution in [3.8, 4) is 5.75 Å². The van der Waals surface area contributed by atoms with E-state index in [1.54, 1.807) is 31.5 Å². The third kappa shape index (κ3) is 2.68. The SMILES string of the molecule is COc1cccnc1C(N)c1cc(F)cc(Br)c1. The molecular weight excluding hydrogens is 299 g/mol. The number of rotatable bonds is 3. The van der Waals surface area contributed by atoms with Crippen molar-refractivity contribution in [2.75, 3.05) is 7.11 Å². The zero-order valence-electron chi connectivity index (χ0n) is 9.73. The highest BCUT2D eigenvalue weighted by molar-refractivity contribution is 9.10. The zero-order valence-corrected chi connectivity index (χ0v) is 11.3. The Hall–Kier alpha value is -1.46. The van der Waals surface area contributed by atoms with Gasteiger partial charge >= 0.3 is 0 Å². The minimum absolute atomic E-state index is 0.343. The van der Waals surface area contributed by atoms with Gasteiger partial charge in [-0.3, -0.25) is 4.98 Å². The zero-order chi connectivity index (χ0) is 13.1. The normalized spacial score (nSPS) is 12.2. The van der Waals surface area contributed by atoms with Crippen LogP contribution in [-0.2, 0) is 0 Å². The Kier molecular flexibility index (Phi) is 3.93. The molecular formula is C13H12BrFN2O. The molecule has 0 aliphatic heterocycles. The van der Waals surface area contributed by atoms with Crippen LogP contribution in [0, 0.1) is 5.82 Å². The molecule has 0 aliphatic rings. The first-order valence-corrected chi connectivity index (χ1v) is 6.11. The molecule has 0 fully saturated rings. The number of methoxy groups -OCH3 is 1. The summed E-state index contributed by atoms with van der Waals surface area (Å²) < 4.78 is 19.2. The van der Waals surface area contributed by atoms with Crippen LogP contribution >= 0.6 is 15.9 Å².